The van der Waals surface area contributed by atoms with Crippen LogP contribution in [-0.2, 0) is 0 Å². The summed E-state index contributed by atoms with van der Waals surface area (Å²) in [7, 11) is 0. The van der Waals surface area contributed by atoms with E-state index in [0.717, 1.165) is 37.5 Å². The standard InChI is InChI=1S/C17H27N3O/c1-4-5-13-6-8-20(9-7-13)17(21)14-10-15(12(2)3)19-16(18)11-14/h10-13H,4-9H2,1-3H3,(H2,18,19). The zero-order chi connectivity index (χ0) is 15.4. The van der Waals surface area contributed by atoms with Crippen molar-refractivity contribution in [3.8, 4) is 0 Å². The molecule has 1 amide bonds. The van der Waals surface area contributed by atoms with Crippen LogP contribution in [0, 0.1) is 5.92 Å². The van der Waals surface area contributed by atoms with Crippen molar-refractivity contribution in [2.45, 2.75) is 52.4 Å². The molecule has 1 aromatic heterocycles. The molecule has 0 spiro atoms. The van der Waals surface area contributed by atoms with Crippen molar-refractivity contribution >= 4 is 11.7 Å². The van der Waals surface area contributed by atoms with E-state index in [9.17, 15) is 4.79 Å². The molecular formula is C17H27N3O. The summed E-state index contributed by atoms with van der Waals surface area (Å²) in [6.45, 7) is 8.08. The Kier molecular flexibility index (Phi) is 5.21. The van der Waals surface area contributed by atoms with E-state index in [2.05, 4.69) is 25.8 Å². The first-order chi connectivity index (χ1) is 10.0. The lowest BCUT2D eigenvalue weighted by Gasteiger charge is -2.32. The van der Waals surface area contributed by atoms with Crippen LogP contribution in [0.4, 0.5) is 5.82 Å². The van der Waals surface area contributed by atoms with E-state index < -0.39 is 0 Å². The lowest BCUT2D eigenvalue weighted by molar-refractivity contribution is 0.0686. The Morgan fingerprint density at radius 3 is 2.62 bits per heavy atom. The van der Waals surface area contributed by atoms with Crippen molar-refractivity contribution < 1.29 is 4.79 Å². The molecule has 1 saturated heterocycles. The third-order valence-electron chi connectivity index (χ3n) is 4.30. The molecule has 0 bridgehead atoms. The van der Waals surface area contributed by atoms with Crippen LogP contribution in [0.2, 0.25) is 0 Å². The number of amides is 1. The molecule has 0 aromatic carbocycles. The highest BCUT2D eigenvalue weighted by atomic mass is 16.2. The summed E-state index contributed by atoms with van der Waals surface area (Å²) in [4.78, 5) is 18.9. The van der Waals surface area contributed by atoms with Gasteiger partial charge in [0.15, 0.2) is 0 Å². The zero-order valence-corrected chi connectivity index (χ0v) is 13.4. The van der Waals surface area contributed by atoms with Gasteiger partial charge in [-0.3, -0.25) is 4.79 Å². The van der Waals surface area contributed by atoms with Crippen molar-refractivity contribution in [2.24, 2.45) is 5.92 Å². The van der Waals surface area contributed by atoms with Crippen LogP contribution in [0.1, 0.15) is 68.4 Å². The monoisotopic (exact) mass is 289 g/mol. The predicted octanol–water partition coefficient (Wildman–Crippen LogP) is 3.44. The van der Waals surface area contributed by atoms with Gasteiger partial charge in [-0.25, -0.2) is 4.98 Å². The van der Waals surface area contributed by atoms with Gasteiger partial charge in [0.1, 0.15) is 5.82 Å². The number of nitrogen functional groups attached to an aromatic ring is 1. The minimum absolute atomic E-state index is 0.0981. The highest BCUT2D eigenvalue weighted by Crippen LogP contribution is 2.24. The molecule has 0 aliphatic carbocycles. The van der Waals surface area contributed by atoms with E-state index in [0.29, 0.717) is 11.4 Å². The van der Waals surface area contributed by atoms with Gasteiger partial charge < -0.3 is 10.6 Å². The molecule has 1 aromatic rings. The number of piperidine rings is 1. The fraction of sp³-hybridized carbons (Fsp3) is 0.647. The summed E-state index contributed by atoms with van der Waals surface area (Å²) < 4.78 is 0. The van der Waals surface area contributed by atoms with Crippen molar-refractivity contribution in [3.63, 3.8) is 0 Å². The highest BCUT2D eigenvalue weighted by Gasteiger charge is 2.23. The molecule has 2 rings (SSSR count). The molecule has 1 aliphatic heterocycles. The predicted molar refractivity (Wildman–Crippen MR) is 86.3 cm³/mol. The van der Waals surface area contributed by atoms with Crippen molar-refractivity contribution in [2.75, 3.05) is 18.8 Å². The van der Waals surface area contributed by atoms with Crippen LogP contribution >= 0.6 is 0 Å². The van der Waals surface area contributed by atoms with Gasteiger partial charge in [-0.1, -0.05) is 33.6 Å². The molecule has 1 aliphatic rings. The second-order valence-corrected chi connectivity index (χ2v) is 6.38. The van der Waals surface area contributed by atoms with Gasteiger partial charge in [-0.05, 0) is 36.8 Å². The first-order valence-corrected chi connectivity index (χ1v) is 8.08. The number of rotatable bonds is 4. The largest absolute Gasteiger partial charge is 0.384 e. The summed E-state index contributed by atoms with van der Waals surface area (Å²) in [5, 5.41) is 0. The molecule has 4 heteroatoms. The van der Waals surface area contributed by atoms with Crippen LogP contribution in [0.5, 0.6) is 0 Å². The molecule has 0 atom stereocenters. The number of carbonyl (C=O) groups is 1. The molecule has 1 fully saturated rings. The van der Waals surface area contributed by atoms with E-state index in [-0.39, 0.29) is 11.8 Å². The maximum Gasteiger partial charge on any atom is 0.254 e. The number of nitrogens with two attached hydrogens (primary N) is 1. The number of nitrogens with zero attached hydrogens (tertiary/aromatic N) is 2. The second-order valence-electron chi connectivity index (χ2n) is 6.38. The minimum atomic E-state index is 0.0981. The van der Waals surface area contributed by atoms with Crippen molar-refractivity contribution in [1.82, 2.24) is 9.88 Å². The maximum atomic E-state index is 12.6. The topological polar surface area (TPSA) is 59.2 Å². The fourth-order valence-corrected chi connectivity index (χ4v) is 3.01. The van der Waals surface area contributed by atoms with Gasteiger partial charge in [0, 0.05) is 24.3 Å². The first kappa shape index (κ1) is 15.8. The van der Waals surface area contributed by atoms with E-state index in [1.165, 1.54) is 12.8 Å². The van der Waals surface area contributed by atoms with Crippen LogP contribution in [0.25, 0.3) is 0 Å². The number of aromatic nitrogens is 1. The average molecular weight is 289 g/mol. The Labute approximate surface area is 127 Å². The number of hydrogen-bond donors (Lipinski definition) is 1. The van der Waals surface area contributed by atoms with Gasteiger partial charge in [-0.15, -0.1) is 0 Å². The third kappa shape index (κ3) is 3.96. The van der Waals surface area contributed by atoms with E-state index >= 15 is 0 Å². The summed E-state index contributed by atoms with van der Waals surface area (Å²) >= 11 is 0. The molecule has 21 heavy (non-hydrogen) atoms. The molecule has 0 saturated carbocycles. The van der Waals surface area contributed by atoms with E-state index in [1.54, 1.807) is 6.07 Å². The lowest BCUT2D eigenvalue weighted by Crippen LogP contribution is -2.38. The Hall–Kier alpha value is -1.58. The molecule has 0 radical (unpaired) electrons. The van der Waals surface area contributed by atoms with Crippen molar-refractivity contribution in [1.29, 1.82) is 0 Å². The average Bonchev–Trinajstić information content (AvgIpc) is 2.47. The third-order valence-corrected chi connectivity index (χ3v) is 4.30. The Balaban J connectivity index is 2.07. The van der Waals surface area contributed by atoms with Gasteiger partial charge in [0.05, 0.1) is 0 Å². The Morgan fingerprint density at radius 2 is 2.05 bits per heavy atom. The van der Waals surface area contributed by atoms with E-state index in [4.69, 9.17) is 5.73 Å². The van der Waals surface area contributed by atoms with Gasteiger partial charge in [0.2, 0.25) is 0 Å². The molecule has 2 N–H and O–H groups in total. The number of hydrogen-bond acceptors (Lipinski definition) is 3. The van der Waals surface area contributed by atoms with Crippen LogP contribution in [0.3, 0.4) is 0 Å². The Morgan fingerprint density at radius 1 is 1.38 bits per heavy atom. The second kappa shape index (κ2) is 6.92. The zero-order valence-electron chi connectivity index (χ0n) is 13.4. The molecule has 116 valence electrons. The SMILES string of the molecule is CCCC1CCN(C(=O)c2cc(N)nc(C(C)C)c2)CC1. The van der Waals surface area contributed by atoms with Crippen LogP contribution < -0.4 is 5.73 Å². The molecule has 2 heterocycles. The molecule has 4 nitrogen and oxygen atoms in total. The minimum Gasteiger partial charge on any atom is -0.384 e. The quantitative estimate of drug-likeness (QED) is 0.923. The number of likely N-dealkylation sites (tertiary alicyclic amines) is 1. The smallest absolute Gasteiger partial charge is 0.254 e. The number of anilines is 1. The first-order valence-electron chi connectivity index (χ1n) is 8.08. The van der Waals surface area contributed by atoms with Gasteiger partial charge >= 0.3 is 0 Å². The van der Waals surface area contributed by atoms with Crippen LogP contribution in [-0.4, -0.2) is 28.9 Å². The number of pyridine rings is 1. The lowest BCUT2D eigenvalue weighted by atomic mass is 9.92. The van der Waals surface area contributed by atoms with Gasteiger partial charge in [-0.2, -0.15) is 0 Å². The molecular weight excluding hydrogens is 262 g/mol. The Bertz CT molecular complexity index is 491. The highest BCUT2D eigenvalue weighted by molar-refractivity contribution is 5.95. The number of carbonyl (C=O) groups excluding carboxylic acids is 1. The summed E-state index contributed by atoms with van der Waals surface area (Å²) in [6, 6.07) is 3.59. The molecule has 0 unspecified atom stereocenters. The fourth-order valence-electron chi connectivity index (χ4n) is 3.01. The summed E-state index contributed by atoms with van der Waals surface area (Å²) in [5.74, 6) is 1.59. The van der Waals surface area contributed by atoms with E-state index in [1.807, 2.05) is 11.0 Å². The van der Waals surface area contributed by atoms with Crippen LogP contribution in [0.15, 0.2) is 12.1 Å². The van der Waals surface area contributed by atoms with Gasteiger partial charge in [0.25, 0.3) is 5.91 Å². The normalized spacial score (nSPS) is 16.5. The summed E-state index contributed by atoms with van der Waals surface area (Å²) in [5.41, 5.74) is 7.41. The van der Waals surface area contributed by atoms with Crippen molar-refractivity contribution in [3.05, 3.63) is 23.4 Å². The summed E-state index contributed by atoms with van der Waals surface area (Å²) in [6.07, 6.45) is 4.76. The maximum absolute atomic E-state index is 12.6.